The maximum atomic E-state index is 14.1. The average Bonchev–Trinajstić information content (AvgIpc) is 0.869. The van der Waals surface area contributed by atoms with E-state index in [2.05, 4.69) is 73.8 Å². The van der Waals surface area contributed by atoms with E-state index in [1.165, 1.54) is 26.0 Å². The summed E-state index contributed by atoms with van der Waals surface area (Å²) in [4.78, 5) is 190. The number of nitrogens with two attached hydrogens (primary N) is 8. The van der Waals surface area contributed by atoms with Gasteiger partial charge < -0.3 is 125 Å². The molecule has 2 rings (SSSR count). The molecule has 0 aromatic heterocycles. The Kier molecular flexibility index (Phi) is 43.6. The maximum Gasteiger partial charge on any atom is 0.300 e. The zero-order valence-electron chi connectivity index (χ0n) is 58.1. The second-order valence-corrected chi connectivity index (χ2v) is 23.6. The highest BCUT2D eigenvalue weighted by molar-refractivity contribution is 5.99. The fourth-order valence-corrected chi connectivity index (χ4v) is 9.17. The Hall–Kier alpha value is -10.7. The van der Waals surface area contributed by atoms with Crippen LogP contribution in [0.25, 0.3) is 0 Å². The second-order valence-electron chi connectivity index (χ2n) is 23.6. The van der Waals surface area contributed by atoms with E-state index in [1.807, 2.05) is 0 Å². The molecule has 0 bridgehead atoms. The highest BCUT2D eigenvalue weighted by Gasteiger charge is 2.35. The van der Waals surface area contributed by atoms with Crippen molar-refractivity contribution < 1.29 is 86.8 Å². The Morgan fingerprint density at radius 3 is 1.32 bits per heavy atom. The molecule has 13 amide bonds. The van der Waals surface area contributed by atoms with E-state index in [0.29, 0.717) is 31.4 Å². The number of carbonyl (C=O) groups is 14. The summed E-state index contributed by atoms with van der Waals surface area (Å²) in [5, 5.41) is 57.2. The summed E-state index contributed by atoms with van der Waals surface area (Å²) >= 11 is 0. The van der Waals surface area contributed by atoms with Crippen LogP contribution in [-0.2, 0) is 80.0 Å². The van der Waals surface area contributed by atoms with Gasteiger partial charge in [0.25, 0.3) is 5.97 Å². The first-order valence-electron chi connectivity index (χ1n) is 33.0. The Morgan fingerprint density at radius 2 is 0.845 bits per heavy atom. The molecule has 0 aliphatic carbocycles. The van der Waals surface area contributed by atoms with Crippen LogP contribution >= 0.6 is 0 Å². The van der Waals surface area contributed by atoms with Crippen LogP contribution in [0.5, 0.6) is 0 Å². The number of carboxylic acid groups (broad SMARTS) is 1. The summed E-state index contributed by atoms with van der Waals surface area (Å²) in [5.74, 6) is -13.9. The summed E-state index contributed by atoms with van der Waals surface area (Å²) in [5.41, 5.74) is 45.7. The summed E-state index contributed by atoms with van der Waals surface area (Å²) in [6, 6.07) is -0.501. The third-order valence-corrected chi connectivity index (χ3v) is 14.7. The number of unbranched alkanes of at least 4 members (excludes halogenated alkanes) is 2. The lowest BCUT2D eigenvalue weighted by atomic mass is 10.0. The van der Waals surface area contributed by atoms with Crippen molar-refractivity contribution in [2.45, 2.75) is 171 Å². The van der Waals surface area contributed by atoms with Gasteiger partial charge in [-0.05, 0) is 128 Å². The van der Waals surface area contributed by atoms with Crippen molar-refractivity contribution in [2.24, 2.45) is 55.9 Å². The second kappa shape index (κ2) is 49.8. The lowest BCUT2D eigenvalue weighted by Gasteiger charge is -2.26. The molecule has 0 saturated heterocycles. The minimum absolute atomic E-state index is 0.0376. The third-order valence-electron chi connectivity index (χ3n) is 14.7. The summed E-state index contributed by atoms with van der Waals surface area (Å²) in [6.45, 7) is 2.07. The van der Waals surface area contributed by atoms with Gasteiger partial charge in [0.15, 0.2) is 11.9 Å². The number of carboxylic acids is 1. The fraction of sp³-hybridized carbons (Fsp3) is 0.556. The molecule has 0 saturated carbocycles. The van der Waals surface area contributed by atoms with Gasteiger partial charge in [0.2, 0.25) is 76.8 Å². The van der Waals surface area contributed by atoms with E-state index >= 15 is 0 Å². The van der Waals surface area contributed by atoms with Gasteiger partial charge in [-0.1, -0.05) is 42.5 Å². The van der Waals surface area contributed by atoms with Crippen molar-refractivity contribution in [3.63, 3.8) is 0 Å². The molecule has 40 heteroatoms. The van der Waals surface area contributed by atoms with E-state index in [0.717, 1.165) is 31.5 Å². The number of hydrogen-bond acceptors (Lipinski definition) is 21. The minimum atomic E-state index is -1.78. The normalized spacial score (nSPS) is 13.9. The molecule has 31 N–H and O–H groups in total. The Bertz CT molecular complexity index is 3160. The van der Waals surface area contributed by atoms with Crippen molar-refractivity contribution >= 4 is 94.7 Å². The van der Waals surface area contributed by atoms with Crippen LogP contribution in [0.15, 0.2) is 64.6 Å². The molecular formula is C63H103FN22O17. The Balaban J connectivity index is 0.0000129. The molecule has 2 aromatic carbocycles. The number of nitrogens with zero attached hydrogens (tertiary/aromatic N) is 2. The highest BCUT2D eigenvalue weighted by Crippen LogP contribution is 2.11. The quantitative estimate of drug-likeness (QED) is 0.0166. The average molecular weight is 1460 g/mol. The monoisotopic (exact) mass is 1460 g/mol. The number of rotatable bonds is 47. The van der Waals surface area contributed by atoms with Crippen molar-refractivity contribution in [1.29, 1.82) is 0 Å². The van der Waals surface area contributed by atoms with Crippen molar-refractivity contribution in [3.05, 3.63) is 71.5 Å². The smallest absolute Gasteiger partial charge is 0.300 e. The fourth-order valence-electron chi connectivity index (χ4n) is 9.17. The Morgan fingerprint density at radius 1 is 0.447 bits per heavy atom. The number of guanidine groups is 2. The first kappa shape index (κ1) is 90.3. The Labute approximate surface area is 594 Å². The number of hydrogen-bond donors (Lipinski definition) is 23. The van der Waals surface area contributed by atoms with Crippen LogP contribution in [0.4, 0.5) is 4.39 Å². The van der Waals surface area contributed by atoms with Crippen molar-refractivity contribution in [2.75, 3.05) is 52.4 Å². The predicted octanol–water partition coefficient (Wildman–Crippen LogP) is -9.00. The number of aliphatic carboxylic acids is 1. The van der Waals surface area contributed by atoms with Crippen LogP contribution in [0, 0.1) is 5.82 Å². The highest BCUT2D eigenvalue weighted by atomic mass is 19.1. The number of benzene rings is 2. The van der Waals surface area contributed by atoms with Gasteiger partial charge >= 0.3 is 0 Å². The lowest BCUT2D eigenvalue weighted by molar-refractivity contribution is -0.136. The number of aliphatic hydroxyl groups is 2. The minimum Gasteiger partial charge on any atom is -0.481 e. The molecule has 0 spiro atoms. The SMILES string of the molecule is CC(=O)O.C[C@H](NC(=O)CNC(=O)[C@@H](NC(=O)[C@H](Cc1ccc(F)cc1)NC(=O)CNC(=O)CNC(=O)[C@@H](N)Cc1ccccc1)[C@@H](C)O)C(=O)N[C@@H](CCCN=C(N)N)C(=O)N[C@@H](CCCCN)C(=O)N[C@@H](CO)C(=O)N[C@@H](C)C(=O)N[C@@H](CCCN=C(N)N)C(=O)N[C@@H](CCCCN)C(N)=O. The van der Waals surface area contributed by atoms with Gasteiger partial charge in [-0.2, -0.15) is 0 Å². The summed E-state index contributed by atoms with van der Waals surface area (Å²) in [7, 11) is 0. The number of aliphatic imine (C=N–C) groups is 2. The van der Waals surface area contributed by atoms with Crippen LogP contribution in [0.3, 0.4) is 0 Å². The van der Waals surface area contributed by atoms with Gasteiger partial charge in [0.05, 0.1) is 38.4 Å². The van der Waals surface area contributed by atoms with Crippen LogP contribution in [0.1, 0.15) is 103 Å². The van der Waals surface area contributed by atoms with Gasteiger partial charge in [0, 0.05) is 26.4 Å². The number of halogens is 1. The molecular weight excluding hydrogens is 1360 g/mol. The molecule has 0 aliphatic heterocycles. The van der Waals surface area contributed by atoms with Gasteiger partial charge in [-0.15, -0.1) is 0 Å². The predicted molar refractivity (Wildman–Crippen MR) is 373 cm³/mol. The van der Waals surface area contributed by atoms with E-state index < -0.39 is 181 Å². The zero-order valence-corrected chi connectivity index (χ0v) is 58.1. The largest absolute Gasteiger partial charge is 0.481 e. The molecule has 574 valence electrons. The number of carbonyl (C=O) groups excluding carboxylic acids is 13. The zero-order chi connectivity index (χ0) is 77.7. The maximum absolute atomic E-state index is 14.1. The van der Waals surface area contributed by atoms with Crippen molar-refractivity contribution in [3.8, 4) is 0 Å². The van der Waals surface area contributed by atoms with E-state index in [-0.39, 0.29) is 89.3 Å². The first-order valence-corrected chi connectivity index (χ1v) is 33.0. The molecule has 2 aromatic rings. The summed E-state index contributed by atoms with van der Waals surface area (Å²) in [6.07, 6.45) is -0.0860. The molecule has 0 heterocycles. The number of primary amides is 1. The first-order chi connectivity index (χ1) is 48.6. The lowest BCUT2D eigenvalue weighted by Crippen LogP contribution is -2.60. The number of amides is 13. The van der Waals surface area contributed by atoms with Crippen molar-refractivity contribution in [1.82, 2.24) is 63.8 Å². The number of nitrogens with one attached hydrogen (secondary N) is 12. The van der Waals surface area contributed by atoms with Crippen LogP contribution < -0.4 is 110 Å². The molecule has 0 aliphatic rings. The molecule has 103 heavy (non-hydrogen) atoms. The number of aliphatic hydroxyl groups excluding tert-OH is 2. The van der Waals surface area contributed by atoms with E-state index in [1.54, 1.807) is 30.3 Å². The van der Waals surface area contributed by atoms with E-state index in [9.17, 15) is 76.9 Å². The van der Waals surface area contributed by atoms with E-state index in [4.69, 9.17) is 55.8 Å². The van der Waals surface area contributed by atoms with Crippen LogP contribution in [0.2, 0.25) is 0 Å². The van der Waals surface area contributed by atoms with Gasteiger partial charge in [-0.3, -0.25) is 77.1 Å². The summed E-state index contributed by atoms with van der Waals surface area (Å²) < 4.78 is 13.8. The van der Waals surface area contributed by atoms with Crippen LogP contribution in [-0.4, -0.2) is 229 Å². The standard InChI is InChI=1S/C61H99FN22O15.C2H4O2/c1-33(76-47(88)31-75-59(99)49(35(3)86)84-57(97)44(28-37-19-21-38(62)22-20-37)78-48(89)30-73-46(87)29-74-53(93)39(65)27-36-13-5-4-6-14-36)51(91)80-43(18-12-26-72-61(69)70)55(95)82-41(16-8-10-24-64)56(96)83-45(32-85)58(98)77-34(2)52(92)81-42(17-11-25-71-60(67)68)54(94)79-40(50(66)90)15-7-9-23-63;1-2(3)4/h4-6,13-14,19-22,33-35,39-45,49,85-86H,7-12,15-18,23-32,63-65H2,1-3H3,(H2,66,90)(H,73,87)(H,74,93)(H,75,99)(H,76,88)(H,77,98)(H,78,89)(H,79,94)(H,80,91)(H,81,92)(H,82,95)(H,83,96)(H,84,97)(H4,67,68,71)(H4,69,70,72);1H3,(H,3,4)/t33-,34-,35+,39-,40-,41-,42-,43-,44-,45-,49-;/m0./s1. The molecule has 0 unspecified atom stereocenters. The molecule has 39 nitrogen and oxygen atoms in total. The van der Waals surface area contributed by atoms with Gasteiger partial charge in [-0.25, -0.2) is 4.39 Å². The molecule has 11 atom stereocenters. The molecule has 0 radical (unpaired) electrons. The molecule has 0 fully saturated rings. The third kappa shape index (κ3) is 39.2. The topological polar surface area (TPSA) is 677 Å². The van der Waals surface area contributed by atoms with Gasteiger partial charge in [0.1, 0.15) is 60.2 Å².